The van der Waals surface area contributed by atoms with E-state index in [9.17, 15) is 0 Å². The molecule has 1 atom stereocenters. The second-order valence-corrected chi connectivity index (χ2v) is 5.69. The number of hydrogen-bond acceptors (Lipinski definition) is 2. The molecule has 1 aromatic carbocycles. The van der Waals surface area contributed by atoms with Crippen molar-refractivity contribution in [1.29, 1.82) is 0 Å². The van der Waals surface area contributed by atoms with E-state index < -0.39 is 0 Å². The summed E-state index contributed by atoms with van der Waals surface area (Å²) in [6, 6.07) is 4.53. The summed E-state index contributed by atoms with van der Waals surface area (Å²) in [7, 11) is 0. The Balaban J connectivity index is 2.41. The van der Waals surface area contributed by atoms with Crippen molar-refractivity contribution in [3.8, 4) is 0 Å². The van der Waals surface area contributed by atoms with Crippen LogP contribution in [0.3, 0.4) is 0 Å². The molecule has 0 radical (unpaired) electrons. The van der Waals surface area contributed by atoms with E-state index in [4.69, 9.17) is 5.73 Å². The van der Waals surface area contributed by atoms with Crippen molar-refractivity contribution in [2.45, 2.75) is 24.2 Å². The van der Waals surface area contributed by atoms with Gasteiger partial charge in [-0.25, -0.2) is 0 Å². The number of hydrogen-bond donors (Lipinski definition) is 1. The van der Waals surface area contributed by atoms with E-state index in [2.05, 4.69) is 35.0 Å². The zero-order valence-corrected chi connectivity index (χ0v) is 10.6. The van der Waals surface area contributed by atoms with Gasteiger partial charge in [0.25, 0.3) is 0 Å². The molecule has 1 nitrogen and oxygen atoms in total. The highest BCUT2D eigenvalue weighted by atomic mass is 79.9. The van der Waals surface area contributed by atoms with E-state index in [1.165, 1.54) is 32.7 Å². The van der Waals surface area contributed by atoms with Gasteiger partial charge in [-0.15, -0.1) is 11.8 Å². The molecule has 1 heterocycles. The number of nitrogens with two attached hydrogens (primary N) is 1. The SMILES string of the molecule is CC(CN)c1cc(Br)c2c(c1)CCS2. The Morgan fingerprint density at radius 1 is 1.57 bits per heavy atom. The smallest absolute Gasteiger partial charge is 0.0316 e. The molecule has 2 N–H and O–H groups in total. The van der Waals surface area contributed by atoms with E-state index in [-0.39, 0.29) is 0 Å². The molecule has 76 valence electrons. The van der Waals surface area contributed by atoms with Gasteiger partial charge >= 0.3 is 0 Å². The Morgan fingerprint density at radius 3 is 3.07 bits per heavy atom. The summed E-state index contributed by atoms with van der Waals surface area (Å²) in [6.45, 7) is 2.90. The summed E-state index contributed by atoms with van der Waals surface area (Å²) < 4.78 is 1.24. The van der Waals surface area contributed by atoms with Gasteiger partial charge in [0.1, 0.15) is 0 Å². The van der Waals surface area contributed by atoms with Crippen molar-refractivity contribution in [2.24, 2.45) is 5.73 Å². The predicted molar refractivity (Wildman–Crippen MR) is 66.0 cm³/mol. The fourth-order valence-electron chi connectivity index (χ4n) is 1.70. The first-order chi connectivity index (χ1) is 6.72. The van der Waals surface area contributed by atoms with Crippen LogP contribution >= 0.6 is 27.7 Å². The van der Waals surface area contributed by atoms with Crippen LogP contribution in [0.25, 0.3) is 0 Å². The molecular formula is C11H14BrNS. The van der Waals surface area contributed by atoms with E-state index >= 15 is 0 Å². The Kier molecular flexibility index (Phi) is 3.20. The fraction of sp³-hybridized carbons (Fsp3) is 0.455. The van der Waals surface area contributed by atoms with Crippen LogP contribution in [0.1, 0.15) is 24.0 Å². The number of rotatable bonds is 2. The summed E-state index contributed by atoms with van der Waals surface area (Å²) in [5.41, 5.74) is 8.53. The second-order valence-electron chi connectivity index (χ2n) is 3.73. The predicted octanol–water partition coefficient (Wildman–Crippen LogP) is 3.16. The fourth-order valence-corrected chi connectivity index (χ4v) is 3.64. The highest BCUT2D eigenvalue weighted by Gasteiger charge is 2.17. The third-order valence-electron chi connectivity index (χ3n) is 2.68. The average Bonchev–Trinajstić information content (AvgIpc) is 2.64. The molecule has 1 aliphatic heterocycles. The van der Waals surface area contributed by atoms with Crippen molar-refractivity contribution in [3.05, 3.63) is 27.7 Å². The third kappa shape index (κ3) is 1.86. The first-order valence-corrected chi connectivity index (χ1v) is 6.65. The number of aryl methyl sites for hydroxylation is 1. The molecule has 1 aliphatic rings. The number of fused-ring (bicyclic) bond motifs is 1. The first-order valence-electron chi connectivity index (χ1n) is 4.87. The highest BCUT2D eigenvalue weighted by Crippen LogP contribution is 2.39. The summed E-state index contributed by atoms with van der Waals surface area (Å²) in [5.74, 6) is 1.68. The van der Waals surface area contributed by atoms with Crippen molar-refractivity contribution >= 4 is 27.7 Å². The van der Waals surface area contributed by atoms with Crippen molar-refractivity contribution in [1.82, 2.24) is 0 Å². The maximum atomic E-state index is 5.68. The average molecular weight is 272 g/mol. The summed E-state index contributed by atoms with van der Waals surface area (Å²) in [4.78, 5) is 1.43. The Morgan fingerprint density at radius 2 is 2.36 bits per heavy atom. The Hall–Kier alpha value is 0.01000. The van der Waals surface area contributed by atoms with Crippen LogP contribution in [0.5, 0.6) is 0 Å². The quantitative estimate of drug-likeness (QED) is 0.895. The van der Waals surface area contributed by atoms with Gasteiger partial charge in [-0.1, -0.05) is 13.0 Å². The van der Waals surface area contributed by atoms with Crippen molar-refractivity contribution in [2.75, 3.05) is 12.3 Å². The van der Waals surface area contributed by atoms with Gasteiger partial charge in [0, 0.05) is 15.1 Å². The van der Waals surface area contributed by atoms with Crippen LogP contribution in [0, 0.1) is 0 Å². The molecule has 0 amide bonds. The molecule has 1 aromatic rings. The Labute approximate surface area is 97.6 Å². The molecular weight excluding hydrogens is 258 g/mol. The molecule has 14 heavy (non-hydrogen) atoms. The standard InChI is InChI=1S/C11H14BrNS/c1-7(6-13)9-4-8-2-3-14-11(8)10(12)5-9/h4-5,7H,2-3,6,13H2,1H3. The molecule has 2 rings (SSSR count). The largest absolute Gasteiger partial charge is 0.330 e. The molecule has 3 heteroatoms. The molecule has 0 aliphatic carbocycles. The van der Waals surface area contributed by atoms with Gasteiger partial charge in [0.05, 0.1) is 0 Å². The monoisotopic (exact) mass is 271 g/mol. The van der Waals surface area contributed by atoms with E-state index in [0.717, 1.165) is 6.54 Å². The summed E-state index contributed by atoms with van der Waals surface area (Å²) in [5, 5.41) is 0. The zero-order valence-electron chi connectivity index (χ0n) is 8.22. The minimum atomic E-state index is 0.460. The van der Waals surface area contributed by atoms with E-state index in [1.54, 1.807) is 0 Å². The van der Waals surface area contributed by atoms with Gasteiger partial charge in [-0.3, -0.25) is 0 Å². The lowest BCUT2D eigenvalue weighted by Gasteiger charge is -2.12. The summed E-state index contributed by atoms with van der Waals surface area (Å²) >= 11 is 5.58. The van der Waals surface area contributed by atoms with Crippen LogP contribution in [0.15, 0.2) is 21.5 Å². The minimum Gasteiger partial charge on any atom is -0.330 e. The first kappa shape index (κ1) is 10.5. The minimum absolute atomic E-state index is 0.460. The maximum Gasteiger partial charge on any atom is 0.0316 e. The van der Waals surface area contributed by atoms with Crippen LogP contribution in [0.2, 0.25) is 0 Å². The van der Waals surface area contributed by atoms with E-state index in [0.29, 0.717) is 5.92 Å². The van der Waals surface area contributed by atoms with Gasteiger partial charge in [-0.05, 0) is 52.0 Å². The Bertz CT molecular complexity index is 351. The maximum absolute atomic E-state index is 5.68. The number of thioether (sulfide) groups is 1. The van der Waals surface area contributed by atoms with Gasteiger partial charge in [0.2, 0.25) is 0 Å². The van der Waals surface area contributed by atoms with Gasteiger partial charge in [0.15, 0.2) is 0 Å². The highest BCUT2D eigenvalue weighted by molar-refractivity contribution is 9.10. The molecule has 0 bridgehead atoms. The van der Waals surface area contributed by atoms with Crippen molar-refractivity contribution < 1.29 is 0 Å². The number of benzene rings is 1. The van der Waals surface area contributed by atoms with Crippen LogP contribution < -0.4 is 5.73 Å². The molecule has 0 saturated heterocycles. The van der Waals surface area contributed by atoms with Crippen LogP contribution in [0.4, 0.5) is 0 Å². The molecule has 0 saturated carbocycles. The number of halogens is 1. The second kappa shape index (κ2) is 4.25. The van der Waals surface area contributed by atoms with Crippen molar-refractivity contribution in [3.63, 3.8) is 0 Å². The lowest BCUT2D eigenvalue weighted by Crippen LogP contribution is -2.09. The summed E-state index contributed by atoms with van der Waals surface area (Å²) in [6.07, 6.45) is 1.20. The van der Waals surface area contributed by atoms with E-state index in [1.807, 2.05) is 11.8 Å². The lowest BCUT2D eigenvalue weighted by molar-refractivity contribution is 0.770. The lowest BCUT2D eigenvalue weighted by atomic mass is 9.98. The zero-order chi connectivity index (χ0) is 10.1. The normalized spacial score (nSPS) is 16.8. The molecule has 0 fully saturated rings. The van der Waals surface area contributed by atoms with Crippen LogP contribution in [-0.4, -0.2) is 12.3 Å². The third-order valence-corrected chi connectivity index (χ3v) is 4.75. The molecule has 0 aromatic heterocycles. The molecule has 1 unspecified atom stereocenters. The molecule has 0 spiro atoms. The van der Waals surface area contributed by atoms with Crippen LogP contribution in [-0.2, 0) is 6.42 Å². The van der Waals surface area contributed by atoms with Gasteiger partial charge in [-0.2, -0.15) is 0 Å². The van der Waals surface area contributed by atoms with Gasteiger partial charge < -0.3 is 5.73 Å². The topological polar surface area (TPSA) is 26.0 Å².